The van der Waals surface area contributed by atoms with Crippen LogP contribution in [0.1, 0.15) is 5.56 Å². The molecular formula is C31H30N6O3S. The van der Waals surface area contributed by atoms with Crippen molar-refractivity contribution < 1.29 is 14.3 Å². The predicted molar refractivity (Wildman–Crippen MR) is 164 cm³/mol. The summed E-state index contributed by atoms with van der Waals surface area (Å²) < 4.78 is 12.4. The number of aromatic nitrogens is 2. The number of hydrogen-bond donors (Lipinski definition) is 2. The number of likely N-dealkylation sites (N-methyl/N-ethyl adjacent to an activating group) is 1. The summed E-state index contributed by atoms with van der Waals surface area (Å²) in [6.07, 6.45) is -0.543. The third-order valence-corrected chi connectivity index (χ3v) is 7.66. The number of amides is 1. The summed E-state index contributed by atoms with van der Waals surface area (Å²) in [4.78, 5) is 26.4. The molecule has 0 atom stereocenters. The number of carbonyl (C=O) groups is 1. The van der Waals surface area contributed by atoms with Crippen molar-refractivity contribution in [2.24, 2.45) is 0 Å². The van der Waals surface area contributed by atoms with Crippen LogP contribution in [0.25, 0.3) is 10.2 Å². The molecule has 1 aliphatic heterocycles. The average Bonchev–Trinajstić information content (AvgIpc) is 3.47. The van der Waals surface area contributed by atoms with Crippen molar-refractivity contribution in [3.8, 4) is 11.6 Å². The first-order valence-corrected chi connectivity index (χ1v) is 14.3. The molecule has 1 saturated heterocycles. The van der Waals surface area contributed by atoms with Gasteiger partial charge in [0.15, 0.2) is 0 Å². The van der Waals surface area contributed by atoms with Crippen molar-refractivity contribution in [2.75, 3.05) is 48.8 Å². The summed E-state index contributed by atoms with van der Waals surface area (Å²) in [6.45, 7) is 4.36. The zero-order valence-electron chi connectivity index (χ0n) is 22.6. The molecule has 0 saturated carbocycles. The lowest BCUT2D eigenvalue weighted by atomic mass is 10.2. The van der Waals surface area contributed by atoms with Crippen LogP contribution in [0.5, 0.6) is 11.6 Å². The summed E-state index contributed by atoms with van der Waals surface area (Å²) in [5.41, 5.74) is 4.35. The minimum atomic E-state index is -0.543. The molecule has 0 spiro atoms. The SMILES string of the molecule is CN1CCN(c2ccc(Nc3nc(Oc4cccc(NC(=O)OCc5ccccc5)c4)c4sccc4n3)cc2)CC1. The van der Waals surface area contributed by atoms with Crippen LogP contribution in [0.4, 0.5) is 27.8 Å². The quantitative estimate of drug-likeness (QED) is 0.214. The molecule has 1 aliphatic rings. The maximum absolute atomic E-state index is 12.3. The summed E-state index contributed by atoms with van der Waals surface area (Å²) in [6, 6.07) is 26.9. The minimum absolute atomic E-state index is 0.189. The zero-order valence-corrected chi connectivity index (χ0v) is 23.4. The van der Waals surface area contributed by atoms with E-state index in [2.05, 4.69) is 49.6 Å². The second kappa shape index (κ2) is 12.2. The van der Waals surface area contributed by atoms with E-state index in [-0.39, 0.29) is 6.61 Å². The van der Waals surface area contributed by atoms with Gasteiger partial charge in [0.25, 0.3) is 0 Å². The Bertz CT molecular complexity index is 1620. The van der Waals surface area contributed by atoms with Crippen LogP contribution in [0.15, 0.2) is 90.3 Å². The van der Waals surface area contributed by atoms with Crippen molar-refractivity contribution in [3.05, 3.63) is 95.9 Å². The number of thiophene rings is 1. The molecule has 0 aliphatic carbocycles. The first-order chi connectivity index (χ1) is 20.1. The largest absolute Gasteiger partial charge is 0.444 e. The van der Waals surface area contributed by atoms with Gasteiger partial charge in [-0.15, -0.1) is 11.3 Å². The van der Waals surface area contributed by atoms with E-state index in [0.29, 0.717) is 23.3 Å². The molecule has 1 fully saturated rings. The van der Waals surface area contributed by atoms with E-state index >= 15 is 0 Å². The molecule has 3 heterocycles. The van der Waals surface area contributed by atoms with Gasteiger partial charge < -0.3 is 24.6 Å². The molecule has 0 bridgehead atoms. The van der Waals surface area contributed by atoms with E-state index in [1.54, 1.807) is 18.2 Å². The molecular weight excluding hydrogens is 536 g/mol. The number of nitrogens with one attached hydrogen (secondary N) is 2. The van der Waals surface area contributed by atoms with Gasteiger partial charge >= 0.3 is 6.09 Å². The van der Waals surface area contributed by atoms with Crippen molar-refractivity contribution in [1.29, 1.82) is 0 Å². The highest BCUT2D eigenvalue weighted by molar-refractivity contribution is 7.17. The molecule has 10 heteroatoms. The standard InChI is InChI=1S/C31H30N6O3S/c1-36-15-17-37(18-16-36)25-12-10-23(11-13-25)32-30-34-27-14-19-41-28(27)29(35-30)40-26-9-5-8-24(20-26)33-31(38)39-21-22-6-3-2-4-7-22/h2-14,19-20H,15-18,21H2,1H3,(H,33,38)(H,32,34,35). The molecule has 2 aromatic heterocycles. The lowest BCUT2D eigenvalue weighted by molar-refractivity contribution is 0.155. The maximum atomic E-state index is 12.3. The molecule has 0 unspecified atom stereocenters. The fourth-order valence-corrected chi connectivity index (χ4v) is 5.29. The Morgan fingerprint density at radius 1 is 0.902 bits per heavy atom. The third-order valence-electron chi connectivity index (χ3n) is 6.77. The first kappa shape index (κ1) is 26.5. The van der Waals surface area contributed by atoms with Crippen LogP contribution in [-0.2, 0) is 11.3 Å². The summed E-state index contributed by atoms with van der Waals surface area (Å²) >= 11 is 1.51. The number of hydrogen-bond acceptors (Lipinski definition) is 9. The lowest BCUT2D eigenvalue weighted by Gasteiger charge is -2.34. The van der Waals surface area contributed by atoms with Gasteiger partial charge in [-0.3, -0.25) is 5.32 Å². The predicted octanol–water partition coefficient (Wildman–Crippen LogP) is 6.73. The Kier molecular flexibility index (Phi) is 7.92. The van der Waals surface area contributed by atoms with Crippen molar-refractivity contribution in [3.63, 3.8) is 0 Å². The average molecular weight is 567 g/mol. The van der Waals surface area contributed by atoms with Crippen molar-refractivity contribution in [1.82, 2.24) is 14.9 Å². The number of benzene rings is 3. The van der Waals surface area contributed by atoms with Gasteiger partial charge in [-0.1, -0.05) is 36.4 Å². The fraction of sp³-hybridized carbons (Fsp3) is 0.194. The van der Waals surface area contributed by atoms with E-state index in [0.717, 1.165) is 47.6 Å². The molecule has 0 radical (unpaired) electrons. The van der Waals surface area contributed by atoms with Gasteiger partial charge in [0.2, 0.25) is 11.8 Å². The number of fused-ring (bicyclic) bond motifs is 1. The first-order valence-electron chi connectivity index (χ1n) is 13.4. The topological polar surface area (TPSA) is 91.8 Å². The molecule has 41 heavy (non-hydrogen) atoms. The Hall–Kier alpha value is -4.67. The van der Waals surface area contributed by atoms with Crippen LogP contribution in [0.2, 0.25) is 0 Å². The van der Waals surface area contributed by atoms with Crippen LogP contribution >= 0.6 is 11.3 Å². The van der Waals surface area contributed by atoms with E-state index < -0.39 is 6.09 Å². The molecule has 208 valence electrons. The molecule has 1 amide bonds. The van der Waals surface area contributed by atoms with Crippen LogP contribution < -0.4 is 20.3 Å². The van der Waals surface area contributed by atoms with Crippen molar-refractivity contribution >= 4 is 50.7 Å². The normalized spacial score (nSPS) is 13.6. The number of nitrogens with zero attached hydrogens (tertiary/aromatic N) is 4. The fourth-order valence-electron chi connectivity index (χ4n) is 4.54. The zero-order chi connectivity index (χ0) is 28.0. The summed E-state index contributed by atoms with van der Waals surface area (Å²) in [5, 5.41) is 8.03. The van der Waals surface area contributed by atoms with Gasteiger partial charge in [-0.05, 0) is 60.5 Å². The highest BCUT2D eigenvalue weighted by atomic mass is 32.1. The lowest BCUT2D eigenvalue weighted by Crippen LogP contribution is -2.44. The molecule has 9 nitrogen and oxygen atoms in total. The highest BCUT2D eigenvalue weighted by Crippen LogP contribution is 2.34. The van der Waals surface area contributed by atoms with Gasteiger partial charge in [0, 0.05) is 49.3 Å². The Morgan fingerprint density at radius 3 is 2.51 bits per heavy atom. The molecule has 6 rings (SSSR count). The van der Waals surface area contributed by atoms with Crippen LogP contribution in [0.3, 0.4) is 0 Å². The van der Waals surface area contributed by atoms with Gasteiger partial charge in [0.1, 0.15) is 17.1 Å². The molecule has 5 aromatic rings. The summed E-state index contributed by atoms with van der Waals surface area (Å²) in [7, 11) is 2.16. The Morgan fingerprint density at radius 2 is 1.71 bits per heavy atom. The van der Waals surface area contributed by atoms with Crippen LogP contribution in [0, 0.1) is 0 Å². The Labute approximate surface area is 242 Å². The number of carbonyl (C=O) groups excluding carboxylic acids is 1. The molecule has 3 aromatic carbocycles. The third kappa shape index (κ3) is 6.74. The highest BCUT2D eigenvalue weighted by Gasteiger charge is 2.15. The van der Waals surface area contributed by atoms with Gasteiger partial charge in [0.05, 0.1) is 5.52 Å². The maximum Gasteiger partial charge on any atom is 0.411 e. The minimum Gasteiger partial charge on any atom is -0.444 e. The number of anilines is 4. The van der Waals surface area contributed by atoms with E-state index in [9.17, 15) is 4.79 Å². The smallest absolute Gasteiger partial charge is 0.411 e. The van der Waals surface area contributed by atoms with Gasteiger partial charge in [-0.2, -0.15) is 4.98 Å². The van der Waals surface area contributed by atoms with Crippen LogP contribution in [-0.4, -0.2) is 54.2 Å². The Balaban J connectivity index is 1.13. The van der Waals surface area contributed by atoms with Crippen molar-refractivity contribution in [2.45, 2.75) is 6.61 Å². The second-order valence-electron chi connectivity index (χ2n) is 9.77. The number of ether oxygens (including phenoxy) is 2. The van der Waals surface area contributed by atoms with Gasteiger partial charge in [-0.25, -0.2) is 9.78 Å². The molecule has 2 N–H and O–H groups in total. The van der Waals surface area contributed by atoms with E-state index in [1.165, 1.54) is 17.0 Å². The monoisotopic (exact) mass is 566 g/mol. The summed E-state index contributed by atoms with van der Waals surface area (Å²) in [5.74, 6) is 1.41. The van der Waals surface area contributed by atoms with E-state index in [1.807, 2.05) is 60.0 Å². The number of piperazine rings is 1. The van der Waals surface area contributed by atoms with E-state index in [4.69, 9.17) is 9.47 Å². The number of rotatable bonds is 8. The second-order valence-corrected chi connectivity index (χ2v) is 10.7.